The Bertz CT molecular complexity index is 405. The maximum absolute atomic E-state index is 5.46. The molecule has 0 fully saturated rings. The molecular formula is C13H25N5O3. The van der Waals surface area contributed by atoms with Crippen molar-refractivity contribution in [1.29, 1.82) is 0 Å². The van der Waals surface area contributed by atoms with Crippen LogP contribution < -0.4 is 16.2 Å². The molecule has 0 atom stereocenters. The number of anilines is 2. The van der Waals surface area contributed by atoms with Gasteiger partial charge in [-0.2, -0.15) is 0 Å². The largest absolute Gasteiger partial charge is 0.385 e. The van der Waals surface area contributed by atoms with Crippen LogP contribution >= 0.6 is 0 Å². The predicted octanol–water partition coefficient (Wildman–Crippen LogP) is 0.398. The Morgan fingerprint density at radius 1 is 1.10 bits per heavy atom. The molecule has 0 saturated heterocycles. The monoisotopic (exact) mass is 299 g/mol. The van der Waals surface area contributed by atoms with Gasteiger partial charge in [-0.3, -0.25) is 0 Å². The van der Waals surface area contributed by atoms with Gasteiger partial charge in [-0.05, 0) is 6.42 Å². The molecule has 0 unspecified atom stereocenters. The smallest absolute Gasteiger partial charge is 0.158 e. The first kappa shape index (κ1) is 17.6. The number of nitrogens with one attached hydrogen (secondary N) is 1. The van der Waals surface area contributed by atoms with E-state index < -0.39 is 0 Å². The second kappa shape index (κ2) is 10.3. The van der Waals surface area contributed by atoms with Gasteiger partial charge in [0.15, 0.2) is 5.82 Å². The topological polar surface area (TPSA) is 94.8 Å². The van der Waals surface area contributed by atoms with Gasteiger partial charge in [0.05, 0.1) is 6.61 Å². The molecule has 0 bridgehead atoms. The molecule has 1 aromatic rings. The maximum Gasteiger partial charge on any atom is 0.158 e. The fourth-order valence-electron chi connectivity index (χ4n) is 1.85. The summed E-state index contributed by atoms with van der Waals surface area (Å²) in [4.78, 5) is 10.9. The van der Waals surface area contributed by atoms with Crippen molar-refractivity contribution in [2.24, 2.45) is 5.84 Å². The summed E-state index contributed by atoms with van der Waals surface area (Å²) in [5.41, 5.74) is 2.56. The Morgan fingerprint density at radius 2 is 1.86 bits per heavy atom. The number of methoxy groups -OCH3 is 3. The van der Waals surface area contributed by atoms with Crippen LogP contribution in [0.15, 0.2) is 6.07 Å². The normalized spacial score (nSPS) is 10.7. The number of rotatable bonds is 11. The molecule has 0 spiro atoms. The maximum atomic E-state index is 5.46. The number of hydrogen-bond acceptors (Lipinski definition) is 8. The summed E-state index contributed by atoms with van der Waals surface area (Å²) in [5.74, 6) is 7.39. The average molecular weight is 299 g/mol. The second-order valence-electron chi connectivity index (χ2n) is 4.43. The van der Waals surface area contributed by atoms with Crippen LogP contribution in [0, 0.1) is 0 Å². The van der Waals surface area contributed by atoms with Gasteiger partial charge in [0.25, 0.3) is 0 Å². The second-order valence-corrected chi connectivity index (χ2v) is 4.43. The molecule has 8 nitrogen and oxygen atoms in total. The van der Waals surface area contributed by atoms with Crippen LogP contribution in [0.25, 0.3) is 0 Å². The van der Waals surface area contributed by atoms with Crippen LogP contribution in [-0.2, 0) is 20.8 Å². The van der Waals surface area contributed by atoms with E-state index >= 15 is 0 Å². The Hall–Kier alpha value is -1.48. The lowest BCUT2D eigenvalue weighted by Crippen LogP contribution is -2.30. The third-order valence-electron chi connectivity index (χ3n) is 2.85. The summed E-state index contributed by atoms with van der Waals surface area (Å²) in [5, 5.41) is 0. The molecule has 0 aromatic carbocycles. The molecule has 3 N–H and O–H groups in total. The Labute approximate surface area is 125 Å². The lowest BCUT2D eigenvalue weighted by molar-refractivity contribution is 0.177. The lowest BCUT2D eigenvalue weighted by atomic mass is 10.3. The third kappa shape index (κ3) is 6.21. The number of nitrogens with two attached hydrogens (primary N) is 1. The van der Waals surface area contributed by atoms with E-state index in [4.69, 9.17) is 20.1 Å². The lowest BCUT2D eigenvalue weighted by Gasteiger charge is -2.24. The Morgan fingerprint density at radius 3 is 2.48 bits per heavy atom. The molecule has 1 aromatic heterocycles. The summed E-state index contributed by atoms with van der Waals surface area (Å²) < 4.78 is 15.3. The number of hydrazine groups is 1. The van der Waals surface area contributed by atoms with Crippen molar-refractivity contribution in [3.63, 3.8) is 0 Å². The van der Waals surface area contributed by atoms with Crippen LogP contribution in [0.3, 0.4) is 0 Å². The highest BCUT2D eigenvalue weighted by Gasteiger charge is 2.11. The van der Waals surface area contributed by atoms with Crippen LogP contribution in [0.2, 0.25) is 0 Å². The minimum absolute atomic E-state index is 0.332. The van der Waals surface area contributed by atoms with Gasteiger partial charge in [-0.25, -0.2) is 15.8 Å². The summed E-state index contributed by atoms with van der Waals surface area (Å²) in [6.07, 6.45) is 0.898. The first-order valence-electron chi connectivity index (χ1n) is 6.81. The quantitative estimate of drug-likeness (QED) is 0.344. The van der Waals surface area contributed by atoms with Crippen molar-refractivity contribution in [2.75, 3.05) is 58.0 Å². The van der Waals surface area contributed by atoms with Crippen LogP contribution in [0.5, 0.6) is 0 Å². The van der Waals surface area contributed by atoms with Crippen molar-refractivity contribution in [3.05, 3.63) is 11.9 Å². The standard InChI is InChI=1S/C13H25N5O3/c1-19-7-4-5-18(6-8-20-2)13-9-11(17-14)15-12(16-13)10-21-3/h9H,4-8,10,14H2,1-3H3,(H,15,16,17). The molecule has 1 heterocycles. The highest BCUT2D eigenvalue weighted by Crippen LogP contribution is 2.16. The minimum atomic E-state index is 0.332. The fourth-order valence-corrected chi connectivity index (χ4v) is 1.85. The first-order valence-corrected chi connectivity index (χ1v) is 6.81. The average Bonchev–Trinajstić information content (AvgIpc) is 2.50. The zero-order valence-electron chi connectivity index (χ0n) is 13.0. The van der Waals surface area contributed by atoms with Gasteiger partial charge in [-0.15, -0.1) is 0 Å². The van der Waals surface area contributed by atoms with E-state index in [2.05, 4.69) is 20.3 Å². The molecule has 0 radical (unpaired) electrons. The molecule has 120 valence electrons. The van der Waals surface area contributed by atoms with Crippen molar-refractivity contribution >= 4 is 11.6 Å². The zero-order valence-corrected chi connectivity index (χ0v) is 13.0. The van der Waals surface area contributed by atoms with Gasteiger partial charge in [0, 0.05) is 47.1 Å². The van der Waals surface area contributed by atoms with Crippen LogP contribution in [0.1, 0.15) is 12.2 Å². The summed E-state index contributed by atoms with van der Waals surface area (Å²) in [6, 6.07) is 1.81. The summed E-state index contributed by atoms with van der Waals surface area (Å²) in [7, 11) is 4.97. The number of hydrogen-bond donors (Lipinski definition) is 2. The molecule has 0 aliphatic rings. The minimum Gasteiger partial charge on any atom is -0.385 e. The molecule has 21 heavy (non-hydrogen) atoms. The van der Waals surface area contributed by atoms with E-state index in [9.17, 15) is 0 Å². The summed E-state index contributed by atoms with van der Waals surface area (Å²) in [6.45, 7) is 3.18. The molecule has 1 rings (SSSR count). The van der Waals surface area contributed by atoms with Crippen LogP contribution in [0.4, 0.5) is 11.6 Å². The molecular weight excluding hydrogens is 274 g/mol. The van der Waals surface area contributed by atoms with E-state index in [1.807, 2.05) is 6.07 Å². The predicted molar refractivity (Wildman–Crippen MR) is 81.1 cm³/mol. The molecule has 8 heteroatoms. The van der Waals surface area contributed by atoms with Gasteiger partial charge in [0.2, 0.25) is 0 Å². The first-order chi connectivity index (χ1) is 10.2. The van der Waals surface area contributed by atoms with Gasteiger partial charge >= 0.3 is 0 Å². The molecule has 0 aliphatic carbocycles. The van der Waals surface area contributed by atoms with E-state index in [-0.39, 0.29) is 0 Å². The molecule has 0 saturated carbocycles. The van der Waals surface area contributed by atoms with Crippen molar-refractivity contribution < 1.29 is 14.2 Å². The third-order valence-corrected chi connectivity index (χ3v) is 2.85. The van der Waals surface area contributed by atoms with Crippen molar-refractivity contribution in [3.8, 4) is 0 Å². The SMILES string of the molecule is COCCCN(CCOC)c1cc(NN)nc(COC)n1. The van der Waals surface area contributed by atoms with Crippen LogP contribution in [-0.4, -0.2) is 57.6 Å². The Balaban J connectivity index is 2.89. The van der Waals surface area contributed by atoms with E-state index in [0.717, 1.165) is 25.3 Å². The highest BCUT2D eigenvalue weighted by molar-refractivity contribution is 5.48. The van der Waals surface area contributed by atoms with E-state index in [0.29, 0.717) is 31.5 Å². The highest BCUT2D eigenvalue weighted by atomic mass is 16.5. The van der Waals surface area contributed by atoms with E-state index in [1.54, 1.807) is 21.3 Å². The number of nitrogens with zero attached hydrogens (tertiary/aromatic N) is 3. The number of aromatic nitrogens is 2. The van der Waals surface area contributed by atoms with Crippen molar-refractivity contribution in [1.82, 2.24) is 9.97 Å². The van der Waals surface area contributed by atoms with E-state index in [1.165, 1.54) is 0 Å². The van der Waals surface area contributed by atoms with Crippen molar-refractivity contribution in [2.45, 2.75) is 13.0 Å². The fraction of sp³-hybridized carbons (Fsp3) is 0.692. The molecule has 0 aliphatic heterocycles. The zero-order chi connectivity index (χ0) is 15.5. The molecule has 0 amide bonds. The van der Waals surface area contributed by atoms with Gasteiger partial charge in [0.1, 0.15) is 18.2 Å². The van der Waals surface area contributed by atoms with Gasteiger partial charge in [-0.1, -0.05) is 0 Å². The number of nitrogen functional groups attached to an aromatic ring is 1. The summed E-state index contributed by atoms with van der Waals surface area (Å²) >= 11 is 0. The number of ether oxygens (including phenoxy) is 3. The van der Waals surface area contributed by atoms with Gasteiger partial charge < -0.3 is 24.5 Å². The Kier molecular flexibility index (Phi) is 8.60.